The molecule has 2 heterocycles. The third-order valence-electron chi connectivity index (χ3n) is 3.15. The van der Waals surface area contributed by atoms with Crippen molar-refractivity contribution < 1.29 is 4.74 Å². The van der Waals surface area contributed by atoms with Gasteiger partial charge >= 0.3 is 0 Å². The van der Waals surface area contributed by atoms with Crippen molar-refractivity contribution in [1.29, 1.82) is 0 Å². The molecular weight excluding hydrogens is 238 g/mol. The summed E-state index contributed by atoms with van der Waals surface area (Å²) in [7, 11) is 1.76. The molecule has 94 valence electrons. The van der Waals surface area contributed by atoms with Crippen LogP contribution >= 0.6 is 11.6 Å². The van der Waals surface area contributed by atoms with Gasteiger partial charge in [0.25, 0.3) is 0 Å². The minimum atomic E-state index is 0.332. The van der Waals surface area contributed by atoms with Crippen LogP contribution in [0.25, 0.3) is 0 Å². The van der Waals surface area contributed by atoms with Gasteiger partial charge < -0.3 is 9.64 Å². The van der Waals surface area contributed by atoms with Gasteiger partial charge in [0, 0.05) is 38.6 Å². The quantitative estimate of drug-likeness (QED) is 0.777. The standard InChI is InChI=1S/C12H18ClN3O/c1-9-7-11(15-12(13)14-9)16-5-3-10(4-6-16)8-17-2/h7,10H,3-6,8H2,1-2H3. The summed E-state index contributed by atoms with van der Waals surface area (Å²) in [6, 6.07) is 1.99. The normalized spacial score (nSPS) is 17.5. The Balaban J connectivity index is 2.00. The van der Waals surface area contributed by atoms with Gasteiger partial charge in [-0.15, -0.1) is 0 Å². The molecule has 1 saturated heterocycles. The molecule has 17 heavy (non-hydrogen) atoms. The van der Waals surface area contributed by atoms with Gasteiger partial charge in [-0.3, -0.25) is 0 Å². The van der Waals surface area contributed by atoms with Crippen molar-refractivity contribution >= 4 is 17.4 Å². The second kappa shape index (κ2) is 5.65. The van der Waals surface area contributed by atoms with Crippen LogP contribution in [0.4, 0.5) is 5.82 Å². The maximum atomic E-state index is 5.88. The van der Waals surface area contributed by atoms with Crippen LogP contribution in [0.1, 0.15) is 18.5 Å². The average Bonchev–Trinajstić information content (AvgIpc) is 2.29. The second-order valence-electron chi connectivity index (χ2n) is 4.52. The van der Waals surface area contributed by atoms with Crippen molar-refractivity contribution in [3.63, 3.8) is 0 Å². The van der Waals surface area contributed by atoms with E-state index in [0.717, 1.165) is 44.0 Å². The topological polar surface area (TPSA) is 38.2 Å². The van der Waals surface area contributed by atoms with Gasteiger partial charge in [-0.05, 0) is 37.3 Å². The number of methoxy groups -OCH3 is 1. The Bertz CT molecular complexity index is 358. The maximum absolute atomic E-state index is 5.88. The molecule has 0 aliphatic carbocycles. The van der Waals surface area contributed by atoms with Gasteiger partial charge in [0.2, 0.25) is 5.28 Å². The van der Waals surface area contributed by atoms with Crippen LogP contribution in [0, 0.1) is 12.8 Å². The van der Waals surface area contributed by atoms with Crippen LogP contribution in [0.5, 0.6) is 0 Å². The summed E-state index contributed by atoms with van der Waals surface area (Å²) in [6.07, 6.45) is 2.29. The number of aromatic nitrogens is 2. The second-order valence-corrected chi connectivity index (χ2v) is 4.86. The number of rotatable bonds is 3. The molecule has 1 aromatic heterocycles. The summed E-state index contributed by atoms with van der Waals surface area (Å²) < 4.78 is 5.20. The lowest BCUT2D eigenvalue weighted by molar-refractivity contribution is 0.139. The highest BCUT2D eigenvalue weighted by atomic mass is 35.5. The van der Waals surface area contributed by atoms with E-state index in [1.807, 2.05) is 13.0 Å². The Hall–Kier alpha value is -0.870. The van der Waals surface area contributed by atoms with E-state index in [0.29, 0.717) is 11.2 Å². The Kier molecular flexibility index (Phi) is 4.18. The number of anilines is 1. The summed E-state index contributed by atoms with van der Waals surface area (Å²) >= 11 is 5.88. The predicted octanol–water partition coefficient (Wildman–Crippen LogP) is 2.30. The average molecular weight is 256 g/mol. The van der Waals surface area contributed by atoms with E-state index in [1.165, 1.54) is 0 Å². The molecule has 1 aliphatic rings. The highest BCUT2D eigenvalue weighted by Gasteiger charge is 2.20. The van der Waals surface area contributed by atoms with Crippen molar-refractivity contribution in [1.82, 2.24) is 9.97 Å². The Morgan fingerprint density at radius 3 is 2.71 bits per heavy atom. The molecular formula is C12H18ClN3O. The number of ether oxygens (including phenoxy) is 1. The summed E-state index contributed by atoms with van der Waals surface area (Å²) in [6.45, 7) is 4.83. The molecule has 0 amide bonds. The van der Waals surface area contributed by atoms with E-state index < -0.39 is 0 Å². The SMILES string of the molecule is COCC1CCN(c2cc(C)nc(Cl)n2)CC1. The molecule has 1 fully saturated rings. The molecule has 4 nitrogen and oxygen atoms in total. The highest BCUT2D eigenvalue weighted by Crippen LogP contribution is 2.23. The monoisotopic (exact) mass is 255 g/mol. The molecule has 0 saturated carbocycles. The molecule has 5 heteroatoms. The lowest BCUT2D eigenvalue weighted by Gasteiger charge is -2.32. The van der Waals surface area contributed by atoms with Crippen LogP contribution in [0.2, 0.25) is 5.28 Å². The van der Waals surface area contributed by atoms with Crippen LogP contribution in [-0.4, -0.2) is 36.8 Å². The minimum absolute atomic E-state index is 0.332. The first-order valence-electron chi connectivity index (χ1n) is 5.94. The number of nitrogens with zero attached hydrogens (tertiary/aromatic N) is 3. The van der Waals surface area contributed by atoms with E-state index in [1.54, 1.807) is 7.11 Å². The van der Waals surface area contributed by atoms with Gasteiger partial charge in [0.05, 0.1) is 0 Å². The van der Waals surface area contributed by atoms with E-state index in [4.69, 9.17) is 16.3 Å². The Morgan fingerprint density at radius 1 is 1.41 bits per heavy atom. The molecule has 1 aromatic rings. The van der Waals surface area contributed by atoms with Crippen molar-refractivity contribution in [3.05, 3.63) is 17.0 Å². The van der Waals surface area contributed by atoms with Gasteiger partial charge in [-0.2, -0.15) is 0 Å². The molecule has 0 bridgehead atoms. The lowest BCUT2D eigenvalue weighted by atomic mass is 9.98. The Morgan fingerprint density at radius 2 is 2.12 bits per heavy atom. The third kappa shape index (κ3) is 3.30. The number of piperidine rings is 1. The zero-order valence-electron chi connectivity index (χ0n) is 10.3. The van der Waals surface area contributed by atoms with Crippen molar-refractivity contribution in [2.45, 2.75) is 19.8 Å². The van der Waals surface area contributed by atoms with E-state index in [-0.39, 0.29) is 0 Å². The zero-order chi connectivity index (χ0) is 12.3. The summed E-state index contributed by atoms with van der Waals surface area (Å²) in [5.74, 6) is 1.62. The van der Waals surface area contributed by atoms with Crippen LogP contribution in [0.3, 0.4) is 0 Å². The zero-order valence-corrected chi connectivity index (χ0v) is 11.1. The van der Waals surface area contributed by atoms with Gasteiger partial charge in [0.15, 0.2) is 0 Å². The summed E-state index contributed by atoms with van der Waals surface area (Å²) in [5, 5.41) is 0.332. The van der Waals surface area contributed by atoms with E-state index >= 15 is 0 Å². The maximum Gasteiger partial charge on any atom is 0.224 e. The summed E-state index contributed by atoms with van der Waals surface area (Å²) in [4.78, 5) is 10.6. The fourth-order valence-electron chi connectivity index (χ4n) is 2.24. The number of hydrogen-bond acceptors (Lipinski definition) is 4. The van der Waals surface area contributed by atoms with Crippen molar-refractivity contribution in [3.8, 4) is 0 Å². The molecule has 0 atom stereocenters. The largest absolute Gasteiger partial charge is 0.384 e. The first-order valence-corrected chi connectivity index (χ1v) is 6.32. The lowest BCUT2D eigenvalue weighted by Crippen LogP contribution is -2.35. The Labute approximate surface area is 107 Å². The minimum Gasteiger partial charge on any atom is -0.384 e. The first-order chi connectivity index (χ1) is 8.19. The fraction of sp³-hybridized carbons (Fsp3) is 0.667. The van der Waals surface area contributed by atoms with Crippen LogP contribution in [0.15, 0.2) is 6.07 Å². The van der Waals surface area contributed by atoms with Crippen LogP contribution < -0.4 is 4.90 Å². The molecule has 0 aromatic carbocycles. The van der Waals surface area contributed by atoms with Gasteiger partial charge in [-0.25, -0.2) is 9.97 Å². The molecule has 0 radical (unpaired) electrons. The van der Waals surface area contributed by atoms with E-state index in [9.17, 15) is 0 Å². The van der Waals surface area contributed by atoms with E-state index in [2.05, 4.69) is 14.9 Å². The van der Waals surface area contributed by atoms with Crippen molar-refractivity contribution in [2.24, 2.45) is 5.92 Å². The van der Waals surface area contributed by atoms with Gasteiger partial charge in [0.1, 0.15) is 5.82 Å². The van der Waals surface area contributed by atoms with Gasteiger partial charge in [-0.1, -0.05) is 0 Å². The fourth-order valence-corrected chi connectivity index (χ4v) is 2.46. The number of halogens is 1. The number of aryl methyl sites for hydroxylation is 1. The molecule has 1 aliphatic heterocycles. The summed E-state index contributed by atoms with van der Waals surface area (Å²) in [5.41, 5.74) is 0.916. The highest BCUT2D eigenvalue weighted by molar-refractivity contribution is 6.28. The molecule has 0 N–H and O–H groups in total. The number of hydrogen-bond donors (Lipinski definition) is 0. The predicted molar refractivity (Wildman–Crippen MR) is 68.6 cm³/mol. The smallest absolute Gasteiger partial charge is 0.224 e. The molecule has 2 rings (SSSR count). The van der Waals surface area contributed by atoms with Crippen LogP contribution in [-0.2, 0) is 4.74 Å². The first kappa shape index (κ1) is 12.6. The molecule has 0 spiro atoms. The third-order valence-corrected chi connectivity index (χ3v) is 3.32. The van der Waals surface area contributed by atoms with Crippen molar-refractivity contribution in [2.75, 3.05) is 31.7 Å². The molecule has 0 unspecified atom stereocenters.